The highest BCUT2D eigenvalue weighted by Gasteiger charge is 2.25. The summed E-state index contributed by atoms with van der Waals surface area (Å²) in [6, 6.07) is 9.86. The van der Waals surface area contributed by atoms with E-state index in [1.807, 2.05) is 13.8 Å². The molecule has 2 aromatic carbocycles. The summed E-state index contributed by atoms with van der Waals surface area (Å²) in [7, 11) is 0. The molecule has 19 heavy (non-hydrogen) atoms. The lowest BCUT2D eigenvalue weighted by Crippen LogP contribution is -2.18. The topological polar surface area (TPSA) is 40.5 Å². The normalized spacial score (nSPS) is 11.6. The summed E-state index contributed by atoms with van der Waals surface area (Å²) >= 11 is 11.9. The minimum atomic E-state index is -0.440. The Labute approximate surface area is 122 Å². The van der Waals surface area contributed by atoms with E-state index in [2.05, 4.69) is 0 Å². The second kappa shape index (κ2) is 4.95. The summed E-state index contributed by atoms with van der Waals surface area (Å²) in [4.78, 5) is 0. The first-order chi connectivity index (χ1) is 8.79. The van der Waals surface area contributed by atoms with E-state index >= 15 is 0 Å². The summed E-state index contributed by atoms with van der Waals surface area (Å²) in [6.45, 7) is 3.95. The summed E-state index contributed by atoms with van der Waals surface area (Å²) < 4.78 is 0. The maximum atomic E-state index is 9.65. The molecule has 2 aromatic rings. The van der Waals surface area contributed by atoms with Crippen molar-refractivity contribution in [3.8, 4) is 11.5 Å². The first kappa shape index (κ1) is 14.0. The number of aromatic hydroxyl groups is 2. The van der Waals surface area contributed by atoms with Gasteiger partial charge in [0, 0.05) is 15.5 Å². The third-order valence-electron chi connectivity index (χ3n) is 3.21. The van der Waals surface area contributed by atoms with Crippen LogP contribution in [0.2, 0.25) is 10.0 Å². The fourth-order valence-corrected chi connectivity index (χ4v) is 2.50. The molecule has 100 valence electrons. The largest absolute Gasteiger partial charge is 0.508 e. The van der Waals surface area contributed by atoms with Gasteiger partial charge in [0.15, 0.2) is 0 Å². The van der Waals surface area contributed by atoms with Gasteiger partial charge in [-0.3, -0.25) is 0 Å². The van der Waals surface area contributed by atoms with Gasteiger partial charge in [-0.15, -0.1) is 0 Å². The lowest BCUT2D eigenvalue weighted by molar-refractivity contribution is 0.470. The number of phenols is 2. The highest BCUT2D eigenvalue weighted by molar-refractivity contribution is 6.31. The molecule has 0 saturated carbocycles. The van der Waals surface area contributed by atoms with Crippen LogP contribution >= 0.6 is 23.2 Å². The molecule has 0 bridgehead atoms. The highest BCUT2D eigenvalue weighted by atomic mass is 35.5. The summed E-state index contributed by atoms with van der Waals surface area (Å²) in [6.07, 6.45) is 0. The number of hydrogen-bond donors (Lipinski definition) is 2. The van der Waals surface area contributed by atoms with Gasteiger partial charge in [0.05, 0.1) is 0 Å². The van der Waals surface area contributed by atoms with Crippen molar-refractivity contribution in [2.24, 2.45) is 0 Å². The minimum absolute atomic E-state index is 0.113. The lowest BCUT2D eigenvalue weighted by Gasteiger charge is -2.27. The molecule has 0 amide bonds. The highest BCUT2D eigenvalue weighted by Crippen LogP contribution is 2.37. The van der Waals surface area contributed by atoms with Crippen LogP contribution in [0.25, 0.3) is 0 Å². The van der Waals surface area contributed by atoms with Crippen molar-refractivity contribution in [2.75, 3.05) is 0 Å². The zero-order chi connectivity index (χ0) is 14.2. The Bertz CT molecular complexity index is 528. The molecule has 0 radical (unpaired) electrons. The molecule has 2 rings (SSSR count). The monoisotopic (exact) mass is 296 g/mol. The molecule has 0 aliphatic heterocycles. The van der Waals surface area contributed by atoms with E-state index in [1.54, 1.807) is 24.3 Å². The molecule has 4 heteroatoms. The third kappa shape index (κ3) is 2.96. The Morgan fingerprint density at radius 3 is 1.42 bits per heavy atom. The van der Waals surface area contributed by atoms with E-state index < -0.39 is 5.41 Å². The molecule has 0 aliphatic rings. The van der Waals surface area contributed by atoms with Crippen LogP contribution in [0.5, 0.6) is 11.5 Å². The molecule has 0 aromatic heterocycles. The summed E-state index contributed by atoms with van der Waals surface area (Å²) in [5.74, 6) is 0.226. The van der Waals surface area contributed by atoms with Crippen molar-refractivity contribution < 1.29 is 10.2 Å². The van der Waals surface area contributed by atoms with E-state index in [9.17, 15) is 10.2 Å². The maximum Gasteiger partial charge on any atom is 0.117 e. The number of phenolic OH excluding ortho intramolecular Hbond substituents is 2. The van der Waals surface area contributed by atoms with Crippen LogP contribution in [0.3, 0.4) is 0 Å². The molecule has 0 aliphatic carbocycles. The van der Waals surface area contributed by atoms with Crippen molar-refractivity contribution in [1.82, 2.24) is 0 Å². The lowest BCUT2D eigenvalue weighted by atomic mass is 9.78. The first-order valence-electron chi connectivity index (χ1n) is 5.79. The van der Waals surface area contributed by atoms with Crippen LogP contribution in [0.4, 0.5) is 0 Å². The van der Waals surface area contributed by atoms with Crippen LogP contribution in [0, 0.1) is 0 Å². The van der Waals surface area contributed by atoms with Crippen molar-refractivity contribution in [2.45, 2.75) is 19.3 Å². The van der Waals surface area contributed by atoms with E-state index in [1.165, 1.54) is 12.1 Å². The van der Waals surface area contributed by atoms with Crippen molar-refractivity contribution in [3.63, 3.8) is 0 Å². The molecular weight excluding hydrogens is 283 g/mol. The van der Waals surface area contributed by atoms with Crippen LogP contribution in [-0.2, 0) is 5.41 Å². The van der Waals surface area contributed by atoms with Crippen LogP contribution in [0.1, 0.15) is 25.0 Å². The zero-order valence-corrected chi connectivity index (χ0v) is 12.1. The maximum absolute atomic E-state index is 9.65. The summed E-state index contributed by atoms with van der Waals surface area (Å²) in [5.41, 5.74) is 1.25. The van der Waals surface area contributed by atoms with E-state index in [0.29, 0.717) is 10.0 Å². The third-order valence-corrected chi connectivity index (χ3v) is 3.64. The Balaban J connectivity index is 2.57. The molecule has 0 heterocycles. The van der Waals surface area contributed by atoms with E-state index in [0.717, 1.165) is 11.1 Å². The Morgan fingerprint density at radius 2 is 1.11 bits per heavy atom. The predicted molar refractivity (Wildman–Crippen MR) is 78.4 cm³/mol. The Hall–Kier alpha value is -1.38. The van der Waals surface area contributed by atoms with Crippen molar-refractivity contribution in [1.29, 1.82) is 0 Å². The van der Waals surface area contributed by atoms with Crippen molar-refractivity contribution >= 4 is 23.2 Å². The quantitative estimate of drug-likeness (QED) is 0.841. The second-order valence-electron chi connectivity index (χ2n) is 5.02. The van der Waals surface area contributed by atoms with Crippen LogP contribution < -0.4 is 0 Å². The van der Waals surface area contributed by atoms with Gasteiger partial charge in [-0.1, -0.05) is 37.0 Å². The fourth-order valence-electron chi connectivity index (χ4n) is 2.04. The number of halogens is 2. The standard InChI is InChI=1S/C15H14Cl2O2/c1-15(2,9-3-11(16)7-13(18)5-9)10-4-12(17)8-14(19)6-10/h3-8,18-19H,1-2H3. The van der Waals surface area contributed by atoms with Gasteiger partial charge in [-0.05, 0) is 47.5 Å². The molecule has 0 fully saturated rings. The smallest absolute Gasteiger partial charge is 0.117 e. The summed E-state index contributed by atoms with van der Waals surface area (Å²) in [5, 5.41) is 20.2. The average Bonchev–Trinajstić information content (AvgIpc) is 2.26. The molecule has 0 saturated heterocycles. The Kier molecular flexibility index (Phi) is 3.66. The molecule has 2 nitrogen and oxygen atoms in total. The number of benzene rings is 2. The zero-order valence-electron chi connectivity index (χ0n) is 10.6. The van der Waals surface area contributed by atoms with Gasteiger partial charge in [0.2, 0.25) is 0 Å². The van der Waals surface area contributed by atoms with Crippen LogP contribution in [0.15, 0.2) is 36.4 Å². The molecule has 2 N–H and O–H groups in total. The fraction of sp³-hybridized carbons (Fsp3) is 0.200. The van der Waals surface area contributed by atoms with Gasteiger partial charge in [-0.2, -0.15) is 0 Å². The van der Waals surface area contributed by atoms with Gasteiger partial charge in [0.25, 0.3) is 0 Å². The van der Waals surface area contributed by atoms with Gasteiger partial charge in [0.1, 0.15) is 11.5 Å². The van der Waals surface area contributed by atoms with Crippen molar-refractivity contribution in [3.05, 3.63) is 57.6 Å². The second-order valence-corrected chi connectivity index (χ2v) is 5.89. The number of rotatable bonds is 2. The average molecular weight is 297 g/mol. The van der Waals surface area contributed by atoms with Gasteiger partial charge < -0.3 is 10.2 Å². The molecule has 0 atom stereocenters. The molecule has 0 spiro atoms. The molecular formula is C15H14Cl2O2. The Morgan fingerprint density at radius 1 is 0.737 bits per heavy atom. The van der Waals surface area contributed by atoms with Crippen LogP contribution in [-0.4, -0.2) is 10.2 Å². The molecule has 0 unspecified atom stereocenters. The predicted octanol–water partition coefficient (Wildman–Crippen LogP) is 4.73. The van der Waals surface area contributed by atoms with E-state index in [-0.39, 0.29) is 11.5 Å². The minimum Gasteiger partial charge on any atom is -0.508 e. The van der Waals surface area contributed by atoms with Gasteiger partial charge >= 0.3 is 0 Å². The SMILES string of the molecule is CC(C)(c1cc(O)cc(Cl)c1)c1cc(O)cc(Cl)c1. The first-order valence-corrected chi connectivity index (χ1v) is 6.55. The van der Waals surface area contributed by atoms with Gasteiger partial charge in [-0.25, -0.2) is 0 Å². The van der Waals surface area contributed by atoms with E-state index in [4.69, 9.17) is 23.2 Å². The number of hydrogen-bond acceptors (Lipinski definition) is 2.